The van der Waals surface area contributed by atoms with Crippen LogP contribution >= 0.6 is 11.6 Å². The molecule has 0 aliphatic carbocycles. The van der Waals surface area contributed by atoms with Gasteiger partial charge in [-0.25, -0.2) is 0 Å². The average Bonchev–Trinajstić information content (AvgIpc) is 2.40. The summed E-state index contributed by atoms with van der Waals surface area (Å²) >= 11 is 5.71. The summed E-state index contributed by atoms with van der Waals surface area (Å²) in [5.41, 5.74) is 1.13. The number of nitrogens with zero attached hydrogens (tertiary/aromatic N) is 1. The summed E-state index contributed by atoms with van der Waals surface area (Å²) in [4.78, 5) is 2.00. The first-order valence-corrected chi connectivity index (χ1v) is 7.24. The van der Waals surface area contributed by atoms with Crippen LogP contribution in [0.4, 0.5) is 0 Å². The van der Waals surface area contributed by atoms with Gasteiger partial charge in [0.15, 0.2) is 0 Å². The van der Waals surface area contributed by atoms with Crippen molar-refractivity contribution in [1.82, 2.24) is 4.90 Å². The van der Waals surface area contributed by atoms with Crippen LogP contribution in [0, 0.1) is 6.92 Å². The summed E-state index contributed by atoms with van der Waals surface area (Å²) in [6.07, 6.45) is 0. The summed E-state index contributed by atoms with van der Waals surface area (Å²) in [6.45, 7) is 14.0. The highest BCUT2D eigenvalue weighted by molar-refractivity contribution is 6.31. The van der Waals surface area contributed by atoms with Gasteiger partial charge in [0, 0.05) is 5.02 Å². The van der Waals surface area contributed by atoms with Crippen molar-refractivity contribution in [1.29, 1.82) is 0 Å². The van der Waals surface area contributed by atoms with Crippen LogP contribution < -0.4 is 0 Å². The molecule has 0 unspecified atom stereocenters. The molecule has 0 fully saturated rings. The predicted molar refractivity (Wildman–Crippen MR) is 89.8 cm³/mol. The fourth-order valence-electron chi connectivity index (χ4n) is 0.551. The highest BCUT2D eigenvalue weighted by Gasteiger charge is 1.86. The Morgan fingerprint density at radius 3 is 1.22 bits per heavy atom. The molecule has 1 nitrogen and oxygen atoms in total. The molecule has 1 aromatic rings. The summed E-state index contributed by atoms with van der Waals surface area (Å²) in [7, 11) is 6.00. The van der Waals surface area contributed by atoms with Crippen LogP contribution in [-0.2, 0) is 0 Å². The van der Waals surface area contributed by atoms with E-state index in [0.717, 1.165) is 10.6 Å². The van der Waals surface area contributed by atoms with Crippen LogP contribution in [0.15, 0.2) is 24.3 Å². The molecule has 2 heteroatoms. The van der Waals surface area contributed by atoms with E-state index in [2.05, 4.69) is 0 Å². The Balaban J connectivity index is -0.0000000841. The van der Waals surface area contributed by atoms with Crippen molar-refractivity contribution in [2.24, 2.45) is 0 Å². The zero-order chi connectivity index (χ0) is 15.6. The molecule has 0 heterocycles. The lowest BCUT2D eigenvalue weighted by atomic mass is 10.2. The maximum Gasteiger partial charge on any atom is 0.0435 e. The highest BCUT2D eigenvalue weighted by Crippen LogP contribution is 2.11. The molecule has 0 atom stereocenters. The van der Waals surface area contributed by atoms with Gasteiger partial charge in [-0.1, -0.05) is 71.3 Å². The minimum atomic E-state index is 0.840. The van der Waals surface area contributed by atoms with E-state index in [1.165, 1.54) is 0 Å². The molecule has 1 rings (SSSR count). The molecule has 0 bridgehead atoms. The van der Waals surface area contributed by atoms with Gasteiger partial charge in [-0.05, 0) is 39.7 Å². The van der Waals surface area contributed by atoms with E-state index < -0.39 is 0 Å². The van der Waals surface area contributed by atoms with Crippen molar-refractivity contribution in [3.8, 4) is 0 Å². The molecule has 0 radical (unpaired) electrons. The monoisotopic (exact) mass is 275 g/mol. The van der Waals surface area contributed by atoms with Crippen LogP contribution in [0.2, 0.25) is 5.02 Å². The Hall–Kier alpha value is -0.530. The van der Waals surface area contributed by atoms with Gasteiger partial charge in [0.1, 0.15) is 0 Å². The minimum absolute atomic E-state index is 0.840. The minimum Gasteiger partial charge on any atom is -0.312 e. The smallest absolute Gasteiger partial charge is 0.0435 e. The molecule has 1 aromatic carbocycles. The Labute approximate surface area is 121 Å². The topological polar surface area (TPSA) is 3.24 Å². The summed E-state index contributed by atoms with van der Waals surface area (Å²) in [5, 5.41) is 0.840. The van der Waals surface area contributed by atoms with Gasteiger partial charge in [-0.15, -0.1) is 0 Å². The number of rotatable bonds is 0. The standard InChI is InChI=1S/C7H7Cl.C3H9N.3C2H6/c1-6-4-2-3-5-7(6)8;1-4(2)3;3*1-2/h2-5H,1H3;1-3H3;3*1-2H3. The summed E-state index contributed by atoms with van der Waals surface area (Å²) < 4.78 is 0. The molecule has 0 spiro atoms. The van der Waals surface area contributed by atoms with Crippen LogP contribution in [0.5, 0.6) is 0 Å². The van der Waals surface area contributed by atoms with E-state index in [1.807, 2.05) is 98.8 Å². The molecule has 110 valence electrons. The van der Waals surface area contributed by atoms with Crippen molar-refractivity contribution in [2.45, 2.75) is 48.5 Å². The van der Waals surface area contributed by atoms with E-state index in [9.17, 15) is 0 Å². The molecule has 0 aliphatic rings. The van der Waals surface area contributed by atoms with Crippen molar-refractivity contribution in [3.05, 3.63) is 34.9 Å². The first-order valence-electron chi connectivity index (χ1n) is 6.86. The normalized spacial score (nSPS) is 7.11. The van der Waals surface area contributed by atoms with Crippen molar-refractivity contribution in [2.75, 3.05) is 21.1 Å². The summed E-state index contributed by atoms with van der Waals surface area (Å²) in [6, 6.07) is 7.77. The van der Waals surface area contributed by atoms with Crippen LogP contribution in [-0.4, -0.2) is 26.0 Å². The lowest BCUT2D eigenvalue weighted by Crippen LogP contribution is -1.99. The van der Waals surface area contributed by atoms with Gasteiger partial charge in [0.25, 0.3) is 0 Å². The SMILES string of the molecule is CC.CC.CC.CN(C)C.Cc1ccccc1Cl. The van der Waals surface area contributed by atoms with Gasteiger partial charge in [0.2, 0.25) is 0 Å². The Morgan fingerprint density at radius 1 is 0.778 bits per heavy atom. The first kappa shape index (κ1) is 26.1. The lowest BCUT2D eigenvalue weighted by Gasteiger charge is -1.90. The fraction of sp³-hybridized carbons (Fsp3) is 0.625. The zero-order valence-corrected chi connectivity index (χ0v) is 14.9. The third-order valence-electron chi connectivity index (χ3n) is 1.08. The van der Waals surface area contributed by atoms with Crippen LogP contribution in [0.3, 0.4) is 0 Å². The maximum atomic E-state index is 5.71. The van der Waals surface area contributed by atoms with Crippen molar-refractivity contribution >= 4 is 11.6 Å². The number of benzene rings is 1. The maximum absolute atomic E-state index is 5.71. The quantitative estimate of drug-likeness (QED) is 0.569. The van der Waals surface area contributed by atoms with Gasteiger partial charge in [-0.2, -0.15) is 0 Å². The van der Waals surface area contributed by atoms with Gasteiger partial charge >= 0.3 is 0 Å². The Kier molecular flexibility index (Phi) is 36.8. The highest BCUT2D eigenvalue weighted by atomic mass is 35.5. The van der Waals surface area contributed by atoms with E-state index in [1.54, 1.807) is 0 Å². The van der Waals surface area contributed by atoms with Crippen LogP contribution in [0.25, 0.3) is 0 Å². The van der Waals surface area contributed by atoms with Crippen molar-refractivity contribution < 1.29 is 0 Å². The second kappa shape index (κ2) is 25.3. The molecule has 18 heavy (non-hydrogen) atoms. The second-order valence-corrected chi connectivity index (χ2v) is 3.50. The summed E-state index contributed by atoms with van der Waals surface area (Å²) in [5.74, 6) is 0. The molecule has 0 amide bonds. The van der Waals surface area contributed by atoms with E-state index in [-0.39, 0.29) is 0 Å². The second-order valence-electron chi connectivity index (χ2n) is 3.09. The third kappa shape index (κ3) is 29.5. The fourth-order valence-corrected chi connectivity index (χ4v) is 0.687. The lowest BCUT2D eigenvalue weighted by molar-refractivity contribution is 0.505. The van der Waals surface area contributed by atoms with E-state index in [4.69, 9.17) is 11.6 Å². The predicted octanol–water partition coefficient (Wildman–Crippen LogP) is 5.90. The number of hydrogen-bond acceptors (Lipinski definition) is 1. The molecular weight excluding hydrogens is 242 g/mol. The molecule has 0 saturated heterocycles. The first-order chi connectivity index (χ1) is 8.54. The zero-order valence-electron chi connectivity index (χ0n) is 14.1. The van der Waals surface area contributed by atoms with Gasteiger partial charge in [-0.3, -0.25) is 0 Å². The van der Waals surface area contributed by atoms with Gasteiger partial charge in [0.05, 0.1) is 0 Å². The largest absolute Gasteiger partial charge is 0.312 e. The van der Waals surface area contributed by atoms with Gasteiger partial charge < -0.3 is 4.90 Å². The number of halogens is 1. The average molecular weight is 276 g/mol. The Bertz CT molecular complexity index is 198. The van der Waals surface area contributed by atoms with E-state index >= 15 is 0 Å². The number of hydrogen-bond donors (Lipinski definition) is 0. The molecular formula is C16H34ClN. The molecule has 0 N–H and O–H groups in total. The Morgan fingerprint density at radius 2 is 1.06 bits per heavy atom. The van der Waals surface area contributed by atoms with Crippen molar-refractivity contribution in [3.63, 3.8) is 0 Å². The molecule has 0 aliphatic heterocycles. The van der Waals surface area contributed by atoms with E-state index in [0.29, 0.717) is 0 Å². The van der Waals surface area contributed by atoms with Crippen LogP contribution in [0.1, 0.15) is 47.1 Å². The molecule has 0 aromatic heterocycles. The third-order valence-corrected chi connectivity index (χ3v) is 1.50. The number of aryl methyl sites for hydroxylation is 1. The molecule has 0 saturated carbocycles.